The summed E-state index contributed by atoms with van der Waals surface area (Å²) in [5, 5.41) is 3.20. The first-order valence-electron chi connectivity index (χ1n) is 5.12. The SMILES string of the molecule is COC(=O)C(Br)CNCCN(C)C(C)C. The van der Waals surface area contributed by atoms with Crippen molar-refractivity contribution in [2.75, 3.05) is 33.8 Å². The zero-order chi connectivity index (χ0) is 11.8. The second-order valence-corrected chi connectivity index (χ2v) is 4.87. The smallest absolute Gasteiger partial charge is 0.320 e. The van der Waals surface area contributed by atoms with E-state index >= 15 is 0 Å². The Morgan fingerprint density at radius 1 is 1.53 bits per heavy atom. The number of hydrogen-bond acceptors (Lipinski definition) is 4. The zero-order valence-corrected chi connectivity index (χ0v) is 11.5. The van der Waals surface area contributed by atoms with Gasteiger partial charge >= 0.3 is 5.97 Å². The molecule has 1 unspecified atom stereocenters. The monoisotopic (exact) mass is 280 g/mol. The molecule has 0 aromatic carbocycles. The van der Waals surface area contributed by atoms with Gasteiger partial charge in [-0.15, -0.1) is 0 Å². The molecule has 0 bridgehead atoms. The molecule has 0 radical (unpaired) electrons. The van der Waals surface area contributed by atoms with E-state index in [0.717, 1.165) is 13.1 Å². The second kappa shape index (κ2) is 8.07. The van der Waals surface area contributed by atoms with E-state index < -0.39 is 0 Å². The lowest BCUT2D eigenvalue weighted by Crippen LogP contribution is -2.37. The normalized spacial score (nSPS) is 13.3. The van der Waals surface area contributed by atoms with Crippen LogP contribution in [0.3, 0.4) is 0 Å². The van der Waals surface area contributed by atoms with Gasteiger partial charge in [-0.25, -0.2) is 0 Å². The van der Waals surface area contributed by atoms with Gasteiger partial charge in [0, 0.05) is 25.7 Å². The van der Waals surface area contributed by atoms with Crippen LogP contribution >= 0.6 is 15.9 Å². The van der Waals surface area contributed by atoms with Crippen molar-refractivity contribution in [2.45, 2.75) is 24.7 Å². The van der Waals surface area contributed by atoms with Crippen molar-refractivity contribution in [3.05, 3.63) is 0 Å². The Kier molecular flexibility index (Phi) is 8.00. The first-order chi connectivity index (χ1) is 6.99. The van der Waals surface area contributed by atoms with Gasteiger partial charge in [-0.05, 0) is 20.9 Å². The summed E-state index contributed by atoms with van der Waals surface area (Å²) in [7, 11) is 3.47. The minimum atomic E-state index is -0.258. The van der Waals surface area contributed by atoms with Gasteiger partial charge in [0.1, 0.15) is 4.83 Å². The van der Waals surface area contributed by atoms with Crippen molar-refractivity contribution >= 4 is 21.9 Å². The van der Waals surface area contributed by atoms with Crippen LogP contribution < -0.4 is 5.32 Å². The summed E-state index contributed by atoms with van der Waals surface area (Å²) in [6, 6.07) is 0.548. The molecule has 0 fully saturated rings. The highest BCUT2D eigenvalue weighted by Crippen LogP contribution is 1.99. The predicted molar refractivity (Wildman–Crippen MR) is 65.4 cm³/mol. The van der Waals surface area contributed by atoms with Crippen LogP contribution in [0.2, 0.25) is 0 Å². The molecule has 1 atom stereocenters. The van der Waals surface area contributed by atoms with Crippen molar-refractivity contribution in [2.24, 2.45) is 0 Å². The Hall–Kier alpha value is -0.130. The number of esters is 1. The van der Waals surface area contributed by atoms with Gasteiger partial charge in [-0.1, -0.05) is 15.9 Å². The van der Waals surface area contributed by atoms with Crippen molar-refractivity contribution in [3.8, 4) is 0 Å². The van der Waals surface area contributed by atoms with Crippen LogP contribution in [0.15, 0.2) is 0 Å². The maximum absolute atomic E-state index is 11.0. The summed E-state index contributed by atoms with van der Waals surface area (Å²) < 4.78 is 4.59. The molecule has 15 heavy (non-hydrogen) atoms. The number of likely N-dealkylation sites (N-methyl/N-ethyl adjacent to an activating group) is 1. The Bertz CT molecular complexity index is 188. The maximum atomic E-state index is 11.0. The highest BCUT2D eigenvalue weighted by Gasteiger charge is 2.14. The number of rotatable bonds is 7. The summed E-state index contributed by atoms with van der Waals surface area (Å²) in [5.74, 6) is -0.236. The third kappa shape index (κ3) is 6.87. The molecule has 1 N–H and O–H groups in total. The fourth-order valence-electron chi connectivity index (χ4n) is 0.954. The standard InChI is InChI=1S/C10H21BrN2O2/c1-8(2)13(3)6-5-12-7-9(11)10(14)15-4/h8-9,12H,5-7H2,1-4H3. The van der Waals surface area contributed by atoms with Crippen molar-refractivity contribution in [1.29, 1.82) is 0 Å². The van der Waals surface area contributed by atoms with Crippen molar-refractivity contribution < 1.29 is 9.53 Å². The number of carbonyl (C=O) groups is 1. The number of alkyl halides is 1. The van der Waals surface area contributed by atoms with Crippen LogP contribution in [0.4, 0.5) is 0 Å². The topological polar surface area (TPSA) is 41.6 Å². The van der Waals surface area contributed by atoms with E-state index in [1.807, 2.05) is 0 Å². The molecule has 0 amide bonds. The number of hydrogen-bond donors (Lipinski definition) is 1. The summed E-state index contributed by atoms with van der Waals surface area (Å²) >= 11 is 3.25. The lowest BCUT2D eigenvalue weighted by Gasteiger charge is -2.21. The predicted octanol–water partition coefficient (Wildman–Crippen LogP) is 0.853. The minimum absolute atomic E-state index is 0.236. The molecule has 0 heterocycles. The average molecular weight is 281 g/mol. The van der Waals surface area contributed by atoms with E-state index in [1.165, 1.54) is 7.11 Å². The van der Waals surface area contributed by atoms with Crippen LogP contribution in [0.5, 0.6) is 0 Å². The van der Waals surface area contributed by atoms with Gasteiger partial charge in [0.25, 0.3) is 0 Å². The van der Waals surface area contributed by atoms with Gasteiger partial charge in [0.05, 0.1) is 7.11 Å². The average Bonchev–Trinajstić information content (AvgIpc) is 2.22. The van der Waals surface area contributed by atoms with Crippen LogP contribution in [0, 0.1) is 0 Å². The van der Waals surface area contributed by atoms with Gasteiger partial charge in [-0.2, -0.15) is 0 Å². The summed E-state index contributed by atoms with van der Waals surface area (Å²) in [5.41, 5.74) is 0. The largest absolute Gasteiger partial charge is 0.468 e. The molecule has 0 saturated heterocycles. The van der Waals surface area contributed by atoms with E-state index in [0.29, 0.717) is 12.6 Å². The molecule has 0 aliphatic rings. The number of nitrogens with one attached hydrogen (secondary N) is 1. The molecular formula is C10H21BrN2O2. The molecule has 90 valence electrons. The van der Waals surface area contributed by atoms with Gasteiger partial charge in [0.15, 0.2) is 0 Å². The molecule has 0 aliphatic carbocycles. The number of halogens is 1. The Morgan fingerprint density at radius 3 is 2.60 bits per heavy atom. The van der Waals surface area contributed by atoms with E-state index in [4.69, 9.17) is 0 Å². The van der Waals surface area contributed by atoms with Gasteiger partial charge in [-0.3, -0.25) is 4.79 Å². The lowest BCUT2D eigenvalue weighted by atomic mass is 10.3. The van der Waals surface area contributed by atoms with E-state index in [9.17, 15) is 4.79 Å². The van der Waals surface area contributed by atoms with Gasteiger partial charge in [0.2, 0.25) is 0 Å². The Morgan fingerprint density at radius 2 is 2.13 bits per heavy atom. The van der Waals surface area contributed by atoms with Crippen LogP contribution in [-0.4, -0.2) is 55.5 Å². The number of methoxy groups -OCH3 is 1. The molecule has 0 aliphatic heterocycles. The highest BCUT2D eigenvalue weighted by molar-refractivity contribution is 9.10. The summed E-state index contributed by atoms with van der Waals surface area (Å²) in [6.07, 6.45) is 0. The minimum Gasteiger partial charge on any atom is -0.468 e. The fraction of sp³-hybridized carbons (Fsp3) is 0.900. The molecule has 0 aromatic heterocycles. The van der Waals surface area contributed by atoms with E-state index in [1.54, 1.807) is 0 Å². The molecule has 0 spiro atoms. The molecule has 0 saturated carbocycles. The molecule has 5 heteroatoms. The summed E-state index contributed by atoms with van der Waals surface area (Å²) in [4.78, 5) is 13.0. The molecule has 4 nitrogen and oxygen atoms in total. The highest BCUT2D eigenvalue weighted by atomic mass is 79.9. The third-order valence-electron chi connectivity index (χ3n) is 2.30. The Labute approximate surface area is 100 Å². The van der Waals surface area contributed by atoms with Crippen LogP contribution in [0.25, 0.3) is 0 Å². The van der Waals surface area contributed by atoms with Crippen LogP contribution in [0.1, 0.15) is 13.8 Å². The van der Waals surface area contributed by atoms with Gasteiger partial charge < -0.3 is 15.0 Å². The van der Waals surface area contributed by atoms with Crippen molar-refractivity contribution in [3.63, 3.8) is 0 Å². The number of carbonyl (C=O) groups excluding carboxylic acids is 1. The Balaban J connectivity index is 3.50. The van der Waals surface area contributed by atoms with E-state index in [2.05, 4.69) is 51.8 Å². The second-order valence-electron chi connectivity index (χ2n) is 3.77. The molecule has 0 rings (SSSR count). The first-order valence-corrected chi connectivity index (χ1v) is 6.03. The number of ether oxygens (including phenoxy) is 1. The summed E-state index contributed by atoms with van der Waals surface area (Å²) in [6.45, 7) is 6.74. The quantitative estimate of drug-likeness (QED) is 0.427. The van der Waals surface area contributed by atoms with Crippen molar-refractivity contribution in [1.82, 2.24) is 10.2 Å². The fourth-order valence-corrected chi connectivity index (χ4v) is 1.37. The van der Waals surface area contributed by atoms with Crippen LogP contribution in [-0.2, 0) is 9.53 Å². The molecular weight excluding hydrogens is 260 g/mol. The third-order valence-corrected chi connectivity index (χ3v) is 3.00. The number of nitrogens with zero attached hydrogens (tertiary/aromatic N) is 1. The molecule has 0 aromatic rings. The maximum Gasteiger partial charge on any atom is 0.320 e. The first kappa shape index (κ1) is 14.9. The zero-order valence-electron chi connectivity index (χ0n) is 9.92. The van der Waals surface area contributed by atoms with E-state index in [-0.39, 0.29) is 10.8 Å². The lowest BCUT2D eigenvalue weighted by molar-refractivity contribution is -0.139.